The van der Waals surface area contributed by atoms with Crippen LogP contribution in [0, 0.1) is 0 Å². The van der Waals surface area contributed by atoms with Crippen molar-refractivity contribution in [3.05, 3.63) is 12.2 Å². The molecule has 1 heterocycles. The Morgan fingerprint density at radius 3 is 2.35 bits per heavy atom. The highest BCUT2D eigenvalue weighted by atomic mass is 16.5. The largest absolute Gasteiger partial charge is 0.466 e. The molecule has 8 nitrogen and oxygen atoms in total. The number of amides is 3. The monoisotopic (exact) mass is 284 g/mol. The van der Waals surface area contributed by atoms with Gasteiger partial charge in [-0.3, -0.25) is 9.69 Å². The van der Waals surface area contributed by atoms with E-state index in [1.54, 1.807) is 13.8 Å². The summed E-state index contributed by atoms with van der Waals surface area (Å²) in [6.45, 7) is 2.96. The number of nitrogens with one attached hydrogen (secondary N) is 1. The molecule has 1 saturated heterocycles. The Balaban J connectivity index is 2.40. The molecule has 1 fully saturated rings. The lowest BCUT2D eigenvalue weighted by Gasteiger charge is -2.15. The molecule has 1 N–H and O–H groups in total. The second-order valence-electron chi connectivity index (χ2n) is 4.54. The normalized spacial score (nSPS) is 17.2. The number of carbonyl (C=O) groups is 4. The number of imide groups is 1. The van der Waals surface area contributed by atoms with E-state index in [4.69, 9.17) is 4.74 Å². The van der Waals surface area contributed by atoms with Gasteiger partial charge in [-0.1, -0.05) is 0 Å². The lowest BCUT2D eigenvalue weighted by atomic mass is 10.1. The molecule has 0 saturated carbocycles. The molecule has 1 aliphatic rings. The Bertz CT molecular complexity index is 469. The van der Waals surface area contributed by atoms with Gasteiger partial charge in [0.25, 0.3) is 5.91 Å². The van der Waals surface area contributed by atoms with Crippen molar-refractivity contribution in [1.29, 1.82) is 0 Å². The van der Waals surface area contributed by atoms with Crippen LogP contribution in [0.25, 0.3) is 0 Å². The van der Waals surface area contributed by atoms with E-state index in [1.807, 2.05) is 0 Å². The van der Waals surface area contributed by atoms with Gasteiger partial charge in [-0.2, -0.15) is 0 Å². The first-order chi connectivity index (χ1) is 9.27. The maximum Gasteiger partial charge on any atom is 0.331 e. The molecule has 0 atom stereocenters. The van der Waals surface area contributed by atoms with E-state index in [0.29, 0.717) is 0 Å². The maximum atomic E-state index is 11.8. The first kappa shape index (κ1) is 15.7. The number of methoxy groups -OCH3 is 1. The molecule has 0 spiro atoms. The Morgan fingerprint density at radius 1 is 1.25 bits per heavy atom. The molecule has 20 heavy (non-hydrogen) atoms. The van der Waals surface area contributed by atoms with Gasteiger partial charge in [-0.05, 0) is 13.8 Å². The van der Waals surface area contributed by atoms with E-state index in [2.05, 4.69) is 10.1 Å². The second kappa shape index (κ2) is 6.18. The Hall–Kier alpha value is -2.38. The van der Waals surface area contributed by atoms with Gasteiger partial charge in [-0.15, -0.1) is 0 Å². The molecule has 0 aromatic heterocycles. The average Bonchev–Trinajstić information content (AvgIpc) is 2.57. The fourth-order valence-electron chi connectivity index (χ4n) is 1.51. The van der Waals surface area contributed by atoms with Crippen molar-refractivity contribution in [2.75, 3.05) is 20.3 Å². The van der Waals surface area contributed by atoms with Gasteiger partial charge in [0.15, 0.2) is 0 Å². The van der Waals surface area contributed by atoms with Crippen molar-refractivity contribution < 1.29 is 28.7 Å². The molecule has 0 bridgehead atoms. The highest BCUT2D eigenvalue weighted by Gasteiger charge is 2.43. The van der Waals surface area contributed by atoms with Crippen molar-refractivity contribution in [3.63, 3.8) is 0 Å². The smallest absolute Gasteiger partial charge is 0.331 e. The molecule has 0 radical (unpaired) electrons. The summed E-state index contributed by atoms with van der Waals surface area (Å²) < 4.78 is 9.05. The Morgan fingerprint density at radius 2 is 1.85 bits per heavy atom. The summed E-state index contributed by atoms with van der Waals surface area (Å²) in [6, 6.07) is -0.527. The fraction of sp³-hybridized carbons (Fsp3) is 0.500. The first-order valence-electron chi connectivity index (χ1n) is 5.85. The topological polar surface area (TPSA) is 102 Å². The van der Waals surface area contributed by atoms with E-state index in [-0.39, 0.29) is 19.1 Å². The fourth-order valence-corrected chi connectivity index (χ4v) is 1.51. The van der Waals surface area contributed by atoms with Crippen LogP contribution < -0.4 is 5.32 Å². The van der Waals surface area contributed by atoms with Crippen molar-refractivity contribution in [2.24, 2.45) is 0 Å². The van der Waals surface area contributed by atoms with Crippen LogP contribution in [0.2, 0.25) is 0 Å². The Labute approximate surface area is 115 Å². The van der Waals surface area contributed by atoms with Crippen molar-refractivity contribution in [2.45, 2.75) is 19.4 Å². The van der Waals surface area contributed by atoms with E-state index in [9.17, 15) is 19.2 Å². The highest BCUT2D eigenvalue weighted by Crippen LogP contribution is 2.15. The summed E-state index contributed by atoms with van der Waals surface area (Å²) >= 11 is 0. The standard InChI is InChI=1S/C12H16N2O6/c1-12(2)10(17)14(11(18)13-12)6-7-20-9(16)5-4-8(15)19-3/h4-5H,6-7H2,1-3H3,(H,13,18)/b5-4+. The molecule has 3 amide bonds. The van der Waals surface area contributed by atoms with Crippen LogP contribution in [-0.2, 0) is 23.9 Å². The summed E-state index contributed by atoms with van der Waals surface area (Å²) in [5.74, 6) is -1.83. The number of hydrogen-bond donors (Lipinski definition) is 1. The third kappa shape index (κ3) is 3.81. The molecule has 0 aromatic rings. The Kier molecular flexibility index (Phi) is 4.84. The minimum atomic E-state index is -0.953. The third-order valence-corrected chi connectivity index (χ3v) is 2.56. The molecule has 8 heteroatoms. The number of esters is 2. The van der Waals surface area contributed by atoms with Crippen molar-refractivity contribution in [3.8, 4) is 0 Å². The third-order valence-electron chi connectivity index (χ3n) is 2.56. The summed E-state index contributed by atoms with van der Waals surface area (Å²) in [7, 11) is 1.18. The zero-order chi connectivity index (χ0) is 15.3. The van der Waals surface area contributed by atoms with Gasteiger partial charge in [0.2, 0.25) is 0 Å². The summed E-state index contributed by atoms with van der Waals surface area (Å²) in [6.07, 6.45) is 1.82. The van der Waals surface area contributed by atoms with Gasteiger partial charge in [0, 0.05) is 12.2 Å². The maximum absolute atomic E-state index is 11.8. The lowest BCUT2D eigenvalue weighted by molar-refractivity contribution is -0.140. The van der Waals surface area contributed by atoms with Crippen molar-refractivity contribution in [1.82, 2.24) is 10.2 Å². The summed E-state index contributed by atoms with van der Waals surface area (Å²) in [5.41, 5.74) is -0.953. The summed E-state index contributed by atoms with van der Waals surface area (Å²) in [5, 5.41) is 2.50. The quantitative estimate of drug-likeness (QED) is 0.418. The molecule has 1 rings (SSSR count). The van der Waals surface area contributed by atoms with Crippen LogP contribution >= 0.6 is 0 Å². The minimum absolute atomic E-state index is 0.0497. The molecule has 110 valence electrons. The predicted octanol–water partition coefficient (Wildman–Crippen LogP) is -0.411. The van der Waals surface area contributed by atoms with Gasteiger partial charge < -0.3 is 14.8 Å². The number of urea groups is 1. The molecule has 0 aromatic carbocycles. The van der Waals surface area contributed by atoms with Crippen LogP contribution in [0.1, 0.15) is 13.8 Å². The average molecular weight is 284 g/mol. The number of ether oxygens (including phenoxy) is 2. The van der Waals surface area contributed by atoms with E-state index in [0.717, 1.165) is 17.1 Å². The zero-order valence-corrected chi connectivity index (χ0v) is 11.5. The zero-order valence-electron chi connectivity index (χ0n) is 11.5. The van der Waals surface area contributed by atoms with Crippen LogP contribution in [0.4, 0.5) is 4.79 Å². The van der Waals surface area contributed by atoms with Gasteiger partial charge in [-0.25, -0.2) is 14.4 Å². The van der Waals surface area contributed by atoms with E-state index in [1.165, 1.54) is 7.11 Å². The minimum Gasteiger partial charge on any atom is -0.466 e. The number of nitrogens with zero attached hydrogens (tertiary/aromatic N) is 1. The first-order valence-corrected chi connectivity index (χ1v) is 5.85. The van der Waals surface area contributed by atoms with Crippen LogP contribution in [0.15, 0.2) is 12.2 Å². The molecule has 1 aliphatic heterocycles. The highest BCUT2D eigenvalue weighted by molar-refractivity contribution is 6.06. The van der Waals surface area contributed by atoms with Crippen LogP contribution in [0.5, 0.6) is 0 Å². The van der Waals surface area contributed by atoms with Gasteiger partial charge >= 0.3 is 18.0 Å². The number of hydrogen-bond acceptors (Lipinski definition) is 6. The predicted molar refractivity (Wildman–Crippen MR) is 66.4 cm³/mol. The van der Waals surface area contributed by atoms with E-state index >= 15 is 0 Å². The summed E-state index contributed by atoms with van der Waals surface area (Å²) in [4.78, 5) is 46.2. The number of carbonyl (C=O) groups excluding carboxylic acids is 4. The van der Waals surface area contributed by atoms with Gasteiger partial charge in [0.05, 0.1) is 13.7 Å². The molecule has 0 aliphatic carbocycles. The SMILES string of the molecule is COC(=O)/C=C/C(=O)OCCN1C(=O)NC(C)(C)C1=O. The van der Waals surface area contributed by atoms with Crippen LogP contribution in [0.3, 0.4) is 0 Å². The van der Waals surface area contributed by atoms with Gasteiger partial charge in [0.1, 0.15) is 12.1 Å². The second-order valence-corrected chi connectivity index (χ2v) is 4.54. The van der Waals surface area contributed by atoms with Crippen LogP contribution in [-0.4, -0.2) is 54.6 Å². The molecule has 0 unspecified atom stereocenters. The lowest BCUT2D eigenvalue weighted by Crippen LogP contribution is -2.40. The number of rotatable bonds is 5. The molecular formula is C12H16N2O6. The van der Waals surface area contributed by atoms with Crippen molar-refractivity contribution >= 4 is 23.9 Å². The van der Waals surface area contributed by atoms with E-state index < -0.39 is 23.5 Å². The molecular weight excluding hydrogens is 268 g/mol.